The Morgan fingerprint density at radius 2 is 2.14 bits per heavy atom. The summed E-state index contributed by atoms with van der Waals surface area (Å²) in [4.78, 5) is 27.5. The van der Waals surface area contributed by atoms with E-state index in [1.165, 1.54) is 0 Å². The molecule has 1 saturated heterocycles. The van der Waals surface area contributed by atoms with Crippen LogP contribution in [0.3, 0.4) is 0 Å². The Morgan fingerprint density at radius 1 is 1.48 bits per heavy atom. The molecule has 0 radical (unpaired) electrons. The lowest BCUT2D eigenvalue weighted by molar-refractivity contribution is -0.148. The lowest BCUT2D eigenvalue weighted by Crippen LogP contribution is -2.46. The van der Waals surface area contributed by atoms with Gasteiger partial charge in [0.2, 0.25) is 0 Å². The predicted octanol–water partition coefficient (Wildman–Crippen LogP) is 2.76. The molecule has 1 aliphatic heterocycles. The van der Waals surface area contributed by atoms with Crippen molar-refractivity contribution >= 4 is 23.8 Å². The van der Waals surface area contributed by atoms with Gasteiger partial charge in [-0.05, 0) is 38.2 Å². The zero-order valence-electron chi connectivity index (χ0n) is 13.6. The molecule has 5 nitrogen and oxygen atoms in total. The molecule has 1 N–H and O–H groups in total. The third-order valence-electron chi connectivity index (χ3n) is 4.51. The monoisotopic (exact) mass is 316 g/mol. The minimum absolute atomic E-state index is 0.0390. The molecule has 1 rings (SSSR count). The fourth-order valence-corrected chi connectivity index (χ4v) is 3.47. The van der Waals surface area contributed by atoms with Crippen LogP contribution in [0.5, 0.6) is 0 Å². The zero-order chi connectivity index (χ0) is 16.0. The molecule has 1 heterocycles. The molecule has 1 aliphatic rings. The molecule has 0 spiro atoms. The van der Waals surface area contributed by atoms with Crippen LogP contribution in [0.15, 0.2) is 0 Å². The largest absolute Gasteiger partial charge is 0.481 e. The number of carbonyl (C=O) groups is 2. The number of hydrogen-bond acceptors (Lipinski definition) is 3. The topological polar surface area (TPSA) is 60.9 Å². The fourth-order valence-electron chi connectivity index (χ4n) is 2.89. The number of carbonyl (C=O) groups excluding carboxylic acids is 1. The first-order valence-electron chi connectivity index (χ1n) is 7.62. The van der Waals surface area contributed by atoms with Gasteiger partial charge in [0.05, 0.1) is 5.41 Å². The van der Waals surface area contributed by atoms with Crippen LogP contribution < -0.4 is 0 Å². The third kappa shape index (κ3) is 4.28. The Morgan fingerprint density at radius 3 is 2.67 bits per heavy atom. The first-order valence-corrected chi connectivity index (χ1v) is 9.01. The van der Waals surface area contributed by atoms with Gasteiger partial charge in [0.1, 0.15) is 0 Å². The van der Waals surface area contributed by atoms with E-state index in [9.17, 15) is 14.7 Å². The second-order valence-corrected chi connectivity index (χ2v) is 7.02. The number of aliphatic carboxylic acids is 1. The number of carboxylic acid groups (broad SMARTS) is 1. The van der Waals surface area contributed by atoms with Crippen LogP contribution in [0.1, 0.15) is 39.5 Å². The van der Waals surface area contributed by atoms with E-state index in [0.29, 0.717) is 25.9 Å². The van der Waals surface area contributed by atoms with Crippen LogP contribution in [-0.2, 0) is 4.79 Å². The summed E-state index contributed by atoms with van der Waals surface area (Å²) in [6.45, 7) is 4.92. The van der Waals surface area contributed by atoms with Gasteiger partial charge in [-0.15, -0.1) is 0 Å². The summed E-state index contributed by atoms with van der Waals surface area (Å²) in [6, 6.07) is 0.138. The smallest absolute Gasteiger partial charge is 0.320 e. The van der Waals surface area contributed by atoms with Gasteiger partial charge >= 0.3 is 12.0 Å². The second-order valence-electron chi connectivity index (χ2n) is 6.03. The quantitative estimate of drug-likeness (QED) is 0.784. The highest BCUT2D eigenvalue weighted by Gasteiger charge is 2.46. The Labute approximate surface area is 132 Å². The normalized spacial score (nSPS) is 23.1. The zero-order valence-corrected chi connectivity index (χ0v) is 14.4. The van der Waals surface area contributed by atoms with E-state index in [2.05, 4.69) is 6.26 Å². The minimum Gasteiger partial charge on any atom is -0.481 e. The van der Waals surface area contributed by atoms with Crippen molar-refractivity contribution in [3.05, 3.63) is 0 Å². The van der Waals surface area contributed by atoms with Gasteiger partial charge in [0.25, 0.3) is 0 Å². The van der Waals surface area contributed by atoms with Gasteiger partial charge in [-0.3, -0.25) is 4.79 Å². The second kappa shape index (κ2) is 7.92. The molecule has 21 heavy (non-hydrogen) atoms. The summed E-state index contributed by atoms with van der Waals surface area (Å²) in [5, 5.41) is 9.50. The molecule has 2 atom stereocenters. The number of likely N-dealkylation sites (tertiary alicyclic amines) is 1. The molecule has 122 valence electrons. The van der Waals surface area contributed by atoms with E-state index < -0.39 is 11.4 Å². The fraction of sp³-hybridized carbons (Fsp3) is 0.867. The highest BCUT2D eigenvalue weighted by Crippen LogP contribution is 2.36. The first-order chi connectivity index (χ1) is 9.88. The number of amides is 2. The van der Waals surface area contributed by atoms with Crippen molar-refractivity contribution in [2.75, 3.05) is 32.1 Å². The molecule has 1 fully saturated rings. The van der Waals surface area contributed by atoms with Crippen molar-refractivity contribution in [1.29, 1.82) is 0 Å². The molecule has 0 aromatic carbocycles. The molecule has 0 aromatic rings. The van der Waals surface area contributed by atoms with E-state index in [1.807, 2.05) is 20.9 Å². The van der Waals surface area contributed by atoms with E-state index >= 15 is 0 Å². The van der Waals surface area contributed by atoms with Crippen LogP contribution >= 0.6 is 11.8 Å². The maximum Gasteiger partial charge on any atom is 0.320 e. The molecular formula is C15H28N2O3S. The van der Waals surface area contributed by atoms with Crippen LogP contribution in [0.25, 0.3) is 0 Å². The van der Waals surface area contributed by atoms with E-state index in [-0.39, 0.29) is 12.1 Å². The van der Waals surface area contributed by atoms with Gasteiger partial charge in [0.15, 0.2) is 0 Å². The number of urea groups is 1. The van der Waals surface area contributed by atoms with Crippen molar-refractivity contribution in [2.45, 2.75) is 45.6 Å². The lowest BCUT2D eigenvalue weighted by atomic mass is 9.83. The van der Waals surface area contributed by atoms with Gasteiger partial charge in [-0.1, -0.05) is 13.3 Å². The van der Waals surface area contributed by atoms with Gasteiger partial charge in [-0.25, -0.2) is 4.79 Å². The maximum atomic E-state index is 12.5. The maximum absolute atomic E-state index is 12.5. The third-order valence-corrected chi connectivity index (χ3v) is 5.15. The highest BCUT2D eigenvalue weighted by molar-refractivity contribution is 7.98. The van der Waals surface area contributed by atoms with E-state index in [4.69, 9.17) is 0 Å². The Kier molecular flexibility index (Phi) is 6.84. The highest BCUT2D eigenvalue weighted by atomic mass is 32.2. The van der Waals surface area contributed by atoms with Gasteiger partial charge in [0, 0.05) is 26.2 Å². The van der Waals surface area contributed by atoms with Crippen LogP contribution in [-0.4, -0.2) is 65.1 Å². The first kappa shape index (κ1) is 18.1. The molecular weight excluding hydrogens is 288 g/mol. The Hall–Kier alpha value is -0.910. The Bertz CT molecular complexity index is 378. The lowest BCUT2D eigenvalue weighted by Gasteiger charge is -2.31. The van der Waals surface area contributed by atoms with Crippen molar-refractivity contribution < 1.29 is 14.7 Å². The van der Waals surface area contributed by atoms with Gasteiger partial charge in [-0.2, -0.15) is 11.8 Å². The summed E-state index contributed by atoms with van der Waals surface area (Å²) in [5.41, 5.74) is -0.742. The molecule has 0 saturated carbocycles. The van der Waals surface area contributed by atoms with E-state index in [1.54, 1.807) is 21.6 Å². The van der Waals surface area contributed by atoms with E-state index in [0.717, 1.165) is 18.6 Å². The van der Waals surface area contributed by atoms with Gasteiger partial charge < -0.3 is 14.9 Å². The molecule has 0 bridgehead atoms. The standard InChI is InChI=1S/C15H28N2O3S/c1-5-7-15(13(18)19)8-9-17(11-15)14(20)16(3)12(2)6-10-21-4/h12H,5-11H2,1-4H3,(H,18,19). The average molecular weight is 316 g/mol. The molecule has 6 heteroatoms. The number of nitrogens with zero attached hydrogens (tertiary/aromatic N) is 2. The Balaban J connectivity index is 2.66. The summed E-state index contributed by atoms with van der Waals surface area (Å²) in [7, 11) is 1.81. The summed E-state index contributed by atoms with van der Waals surface area (Å²) in [6.07, 6.45) is 5.04. The van der Waals surface area contributed by atoms with Crippen LogP contribution in [0.4, 0.5) is 4.79 Å². The molecule has 2 unspecified atom stereocenters. The number of hydrogen-bond donors (Lipinski definition) is 1. The minimum atomic E-state index is -0.766. The van der Waals surface area contributed by atoms with Crippen molar-refractivity contribution in [2.24, 2.45) is 5.41 Å². The van der Waals surface area contributed by atoms with Crippen molar-refractivity contribution in [3.63, 3.8) is 0 Å². The number of rotatable bonds is 7. The molecule has 0 aliphatic carbocycles. The molecule has 0 aromatic heterocycles. The SMILES string of the molecule is CCCC1(C(=O)O)CCN(C(=O)N(C)C(C)CCSC)C1. The van der Waals surface area contributed by atoms with Crippen molar-refractivity contribution in [1.82, 2.24) is 9.80 Å². The summed E-state index contributed by atoms with van der Waals surface area (Å²) in [5.74, 6) is 0.256. The van der Waals surface area contributed by atoms with Crippen molar-refractivity contribution in [3.8, 4) is 0 Å². The van der Waals surface area contributed by atoms with Crippen LogP contribution in [0, 0.1) is 5.41 Å². The average Bonchev–Trinajstić information content (AvgIpc) is 2.89. The molecule has 2 amide bonds. The number of carboxylic acids is 1. The number of thioether (sulfide) groups is 1. The predicted molar refractivity (Wildman–Crippen MR) is 86.8 cm³/mol. The summed E-state index contributed by atoms with van der Waals surface area (Å²) >= 11 is 1.77. The summed E-state index contributed by atoms with van der Waals surface area (Å²) < 4.78 is 0. The van der Waals surface area contributed by atoms with Crippen LogP contribution in [0.2, 0.25) is 0 Å².